The molecule has 2 aromatic rings. The zero-order valence-corrected chi connectivity index (χ0v) is 16.3. The van der Waals surface area contributed by atoms with E-state index >= 15 is 0 Å². The lowest BCUT2D eigenvalue weighted by Crippen LogP contribution is -2.31. The molecule has 1 N–H and O–H groups in total. The summed E-state index contributed by atoms with van der Waals surface area (Å²) in [6.07, 6.45) is 0. The topological polar surface area (TPSA) is 75.7 Å². The van der Waals surface area contributed by atoms with E-state index in [2.05, 4.69) is 5.32 Å². The van der Waals surface area contributed by atoms with Gasteiger partial charge in [-0.05, 0) is 48.9 Å². The zero-order chi connectivity index (χ0) is 19.3. The summed E-state index contributed by atoms with van der Waals surface area (Å²) in [5.74, 6) is 0.134. The second-order valence-corrected chi connectivity index (χ2v) is 8.48. The van der Waals surface area contributed by atoms with Crippen LogP contribution in [0.25, 0.3) is 0 Å². The summed E-state index contributed by atoms with van der Waals surface area (Å²) in [5, 5.41) is 3.46. The highest BCUT2D eigenvalue weighted by Gasteiger charge is 2.17. The fraction of sp³-hybridized carbons (Fsp3) is 0.278. The molecule has 0 aliphatic heterocycles. The van der Waals surface area contributed by atoms with Crippen molar-refractivity contribution < 1.29 is 17.9 Å². The van der Waals surface area contributed by atoms with E-state index in [1.54, 1.807) is 12.1 Å². The van der Waals surface area contributed by atoms with Crippen molar-refractivity contribution in [3.63, 3.8) is 0 Å². The number of carbonyl (C=O) groups excluding carboxylic acids is 1. The first-order valence-electron chi connectivity index (χ1n) is 7.90. The average Bonchev–Trinajstić information content (AvgIpc) is 2.60. The average molecular weight is 397 g/mol. The van der Waals surface area contributed by atoms with Crippen LogP contribution in [0.3, 0.4) is 0 Å². The molecule has 0 saturated carbocycles. The lowest BCUT2D eigenvalue weighted by molar-refractivity contribution is -0.123. The van der Waals surface area contributed by atoms with Crippen molar-refractivity contribution >= 4 is 27.5 Å². The molecule has 0 radical (unpaired) electrons. The Balaban J connectivity index is 1.90. The molecular weight excluding hydrogens is 376 g/mol. The van der Waals surface area contributed by atoms with Crippen molar-refractivity contribution in [2.45, 2.75) is 17.9 Å². The molecule has 0 spiro atoms. The van der Waals surface area contributed by atoms with E-state index in [0.29, 0.717) is 10.8 Å². The van der Waals surface area contributed by atoms with E-state index in [-0.39, 0.29) is 23.5 Å². The smallest absolute Gasteiger partial charge is 0.258 e. The van der Waals surface area contributed by atoms with Crippen molar-refractivity contribution in [3.05, 3.63) is 59.1 Å². The highest BCUT2D eigenvalue weighted by atomic mass is 35.5. The van der Waals surface area contributed by atoms with Crippen molar-refractivity contribution in [2.24, 2.45) is 0 Å². The first kappa shape index (κ1) is 20.2. The van der Waals surface area contributed by atoms with Gasteiger partial charge < -0.3 is 10.1 Å². The Morgan fingerprint density at radius 3 is 2.23 bits per heavy atom. The standard InChI is InChI=1S/C18H21ClN2O4S/c1-13(14-4-6-15(19)7-5-14)20-18(22)12-25-16-8-10-17(11-9-16)26(23,24)21(2)3/h4-11,13H,12H2,1-3H3,(H,20,22). The third-order valence-corrected chi connectivity index (χ3v) is 5.80. The van der Waals surface area contributed by atoms with Crippen LogP contribution in [-0.4, -0.2) is 39.3 Å². The van der Waals surface area contributed by atoms with Gasteiger partial charge in [-0.25, -0.2) is 12.7 Å². The first-order valence-corrected chi connectivity index (χ1v) is 9.72. The Hall–Kier alpha value is -2.09. The van der Waals surface area contributed by atoms with Gasteiger partial charge in [0.1, 0.15) is 5.75 Å². The van der Waals surface area contributed by atoms with Crippen LogP contribution >= 0.6 is 11.6 Å². The molecule has 1 atom stereocenters. The zero-order valence-electron chi connectivity index (χ0n) is 14.8. The van der Waals surface area contributed by atoms with Gasteiger partial charge in [-0.1, -0.05) is 23.7 Å². The second kappa shape index (κ2) is 8.53. The van der Waals surface area contributed by atoms with E-state index < -0.39 is 10.0 Å². The maximum Gasteiger partial charge on any atom is 0.258 e. The fourth-order valence-electron chi connectivity index (χ4n) is 2.19. The summed E-state index contributed by atoms with van der Waals surface area (Å²) < 4.78 is 30.5. The SMILES string of the molecule is CC(NC(=O)COc1ccc(S(=O)(=O)N(C)C)cc1)c1ccc(Cl)cc1. The minimum Gasteiger partial charge on any atom is -0.484 e. The number of nitrogens with one attached hydrogen (secondary N) is 1. The van der Waals surface area contributed by atoms with Crippen LogP contribution < -0.4 is 10.1 Å². The molecule has 0 aromatic heterocycles. The van der Waals surface area contributed by atoms with E-state index in [1.807, 2.05) is 19.1 Å². The van der Waals surface area contributed by atoms with Crippen LogP contribution in [-0.2, 0) is 14.8 Å². The van der Waals surface area contributed by atoms with Crippen LogP contribution in [0.5, 0.6) is 5.75 Å². The number of hydrogen-bond donors (Lipinski definition) is 1. The number of sulfonamides is 1. The molecule has 0 heterocycles. The molecule has 0 aliphatic carbocycles. The van der Waals surface area contributed by atoms with Crippen molar-refractivity contribution in [1.29, 1.82) is 0 Å². The Morgan fingerprint density at radius 1 is 1.12 bits per heavy atom. The lowest BCUT2D eigenvalue weighted by Gasteiger charge is -2.15. The van der Waals surface area contributed by atoms with E-state index in [1.165, 1.54) is 38.4 Å². The van der Waals surface area contributed by atoms with Gasteiger partial charge in [-0.3, -0.25) is 4.79 Å². The van der Waals surface area contributed by atoms with Gasteiger partial charge >= 0.3 is 0 Å². The van der Waals surface area contributed by atoms with Crippen molar-refractivity contribution in [3.8, 4) is 5.75 Å². The van der Waals surface area contributed by atoms with Gasteiger partial charge in [0.15, 0.2) is 6.61 Å². The monoisotopic (exact) mass is 396 g/mol. The van der Waals surface area contributed by atoms with Gasteiger partial charge in [-0.15, -0.1) is 0 Å². The summed E-state index contributed by atoms with van der Waals surface area (Å²) >= 11 is 5.85. The molecular formula is C18H21ClN2O4S. The molecule has 1 unspecified atom stereocenters. The van der Waals surface area contributed by atoms with E-state index in [9.17, 15) is 13.2 Å². The summed E-state index contributed by atoms with van der Waals surface area (Å²) in [7, 11) is -0.557. The molecule has 0 fully saturated rings. The van der Waals surface area contributed by atoms with Crippen LogP contribution in [0, 0.1) is 0 Å². The molecule has 8 heteroatoms. The second-order valence-electron chi connectivity index (χ2n) is 5.89. The van der Waals surface area contributed by atoms with Crippen LogP contribution in [0.1, 0.15) is 18.5 Å². The van der Waals surface area contributed by atoms with Gasteiger partial charge in [0.2, 0.25) is 10.0 Å². The summed E-state index contributed by atoms with van der Waals surface area (Å²) in [4.78, 5) is 12.2. The first-order chi connectivity index (χ1) is 12.2. The van der Waals surface area contributed by atoms with Gasteiger partial charge in [0.05, 0.1) is 10.9 Å². The van der Waals surface area contributed by atoms with Gasteiger partial charge in [-0.2, -0.15) is 0 Å². The summed E-state index contributed by atoms with van der Waals surface area (Å²) in [6, 6.07) is 13.0. The fourth-order valence-corrected chi connectivity index (χ4v) is 3.21. The Kier molecular flexibility index (Phi) is 6.63. The number of ether oxygens (including phenoxy) is 1. The predicted octanol–water partition coefficient (Wildman–Crippen LogP) is 2.85. The summed E-state index contributed by atoms with van der Waals surface area (Å²) in [6.45, 7) is 1.69. The number of carbonyl (C=O) groups is 1. The number of hydrogen-bond acceptors (Lipinski definition) is 4. The largest absolute Gasteiger partial charge is 0.484 e. The van der Waals surface area contributed by atoms with Gasteiger partial charge in [0, 0.05) is 19.1 Å². The van der Waals surface area contributed by atoms with Crippen LogP contribution in [0.4, 0.5) is 0 Å². The number of benzene rings is 2. The molecule has 0 saturated heterocycles. The molecule has 6 nitrogen and oxygen atoms in total. The van der Waals surface area contributed by atoms with Crippen LogP contribution in [0.2, 0.25) is 5.02 Å². The van der Waals surface area contributed by atoms with Crippen molar-refractivity contribution in [1.82, 2.24) is 9.62 Å². The minimum absolute atomic E-state index is 0.163. The lowest BCUT2D eigenvalue weighted by atomic mass is 10.1. The minimum atomic E-state index is -3.49. The maximum atomic E-state index is 12.0. The third-order valence-electron chi connectivity index (χ3n) is 3.72. The highest BCUT2D eigenvalue weighted by molar-refractivity contribution is 7.89. The molecule has 2 rings (SSSR count). The Morgan fingerprint density at radius 2 is 1.69 bits per heavy atom. The number of rotatable bonds is 7. The number of halogens is 1. The quantitative estimate of drug-likeness (QED) is 0.780. The summed E-state index contributed by atoms with van der Waals surface area (Å²) in [5.41, 5.74) is 0.931. The van der Waals surface area contributed by atoms with E-state index in [4.69, 9.17) is 16.3 Å². The molecule has 26 heavy (non-hydrogen) atoms. The van der Waals surface area contributed by atoms with Crippen LogP contribution in [0.15, 0.2) is 53.4 Å². The molecule has 140 valence electrons. The third kappa shape index (κ3) is 5.20. The Bertz CT molecular complexity index is 850. The molecule has 0 aliphatic rings. The number of amides is 1. The molecule has 1 amide bonds. The Labute approximate surface area is 158 Å². The molecule has 2 aromatic carbocycles. The highest BCUT2D eigenvalue weighted by Crippen LogP contribution is 2.18. The molecule has 0 bridgehead atoms. The normalized spacial score (nSPS) is 12.7. The predicted molar refractivity (Wildman–Crippen MR) is 101 cm³/mol. The van der Waals surface area contributed by atoms with Crippen molar-refractivity contribution in [2.75, 3.05) is 20.7 Å². The number of nitrogens with zero attached hydrogens (tertiary/aromatic N) is 1. The van der Waals surface area contributed by atoms with E-state index in [0.717, 1.165) is 9.87 Å². The van der Waals surface area contributed by atoms with Gasteiger partial charge in [0.25, 0.3) is 5.91 Å². The maximum absolute atomic E-state index is 12.0.